The van der Waals surface area contributed by atoms with Gasteiger partial charge in [0, 0.05) is 36.3 Å². The normalized spacial score (nSPS) is 15.3. The van der Waals surface area contributed by atoms with E-state index in [9.17, 15) is 54.9 Å². The van der Waals surface area contributed by atoms with E-state index < -0.39 is 69.2 Å². The minimum Gasteiger partial charge on any atom is -0.389 e. The molecule has 1 aromatic heterocycles. The zero-order valence-electron chi connectivity index (χ0n) is 20.4. The summed E-state index contributed by atoms with van der Waals surface area (Å²) in [7, 11) is 0. The summed E-state index contributed by atoms with van der Waals surface area (Å²) in [5.74, 6) is -1.67. The van der Waals surface area contributed by atoms with Gasteiger partial charge in [-0.1, -0.05) is 12.1 Å². The molecular weight excluding hydrogens is 566 g/mol. The summed E-state index contributed by atoms with van der Waals surface area (Å²) in [6.07, 6.45) is -15.0. The molecule has 1 aliphatic heterocycles. The summed E-state index contributed by atoms with van der Waals surface area (Å²) < 4.78 is 108. The molecule has 1 aromatic carbocycles. The molecule has 0 unspecified atom stereocenters. The predicted octanol–water partition coefficient (Wildman–Crippen LogP) is 4.80. The second kappa shape index (κ2) is 10.6. The number of hydrogen-bond donors (Lipinski definition) is 3. The third kappa shape index (κ3) is 6.17. The van der Waals surface area contributed by atoms with Gasteiger partial charge in [-0.3, -0.25) is 9.59 Å². The first kappa shape index (κ1) is 30.7. The Hall–Kier alpha value is -2.85. The van der Waals surface area contributed by atoms with E-state index in [1.807, 2.05) is 0 Å². The van der Waals surface area contributed by atoms with Crippen LogP contribution in [0.5, 0.6) is 0 Å². The van der Waals surface area contributed by atoms with Crippen LogP contribution in [0.3, 0.4) is 0 Å². The van der Waals surface area contributed by atoms with Gasteiger partial charge >= 0.3 is 12.4 Å². The van der Waals surface area contributed by atoms with Gasteiger partial charge in [0.1, 0.15) is 5.69 Å². The van der Waals surface area contributed by atoms with Crippen molar-refractivity contribution in [1.29, 1.82) is 0 Å². The topological polar surface area (TPSA) is 103 Å². The zero-order valence-corrected chi connectivity index (χ0v) is 21.2. The van der Waals surface area contributed by atoms with E-state index >= 15 is 0 Å². The van der Waals surface area contributed by atoms with Crippen LogP contribution in [0.4, 0.5) is 35.1 Å². The molecule has 2 aromatic rings. The molecule has 0 atom stereocenters. The maximum absolute atomic E-state index is 14.1. The Balaban J connectivity index is 2.20. The molecule has 0 saturated carbocycles. The van der Waals surface area contributed by atoms with Crippen LogP contribution in [-0.2, 0) is 5.60 Å². The van der Waals surface area contributed by atoms with Gasteiger partial charge < -0.3 is 20.4 Å². The molecule has 2 heterocycles. The first-order chi connectivity index (χ1) is 17.8. The van der Waals surface area contributed by atoms with Gasteiger partial charge in [-0.05, 0) is 32.8 Å². The molecule has 16 heteroatoms. The lowest BCUT2D eigenvalue weighted by Gasteiger charge is -2.33. The number of amides is 2. The first-order valence-electron chi connectivity index (χ1n) is 11.4. The van der Waals surface area contributed by atoms with Crippen molar-refractivity contribution in [2.75, 3.05) is 19.6 Å². The van der Waals surface area contributed by atoms with Crippen molar-refractivity contribution < 1.29 is 54.9 Å². The largest absolute Gasteiger partial charge is 0.430 e. The second-order valence-electron chi connectivity index (χ2n) is 9.50. The van der Waals surface area contributed by atoms with Crippen molar-refractivity contribution in [3.8, 4) is 10.4 Å². The van der Waals surface area contributed by atoms with Crippen molar-refractivity contribution in [2.45, 2.75) is 56.7 Å². The molecule has 0 bridgehead atoms. The molecule has 3 N–H and O–H groups in total. The van der Waals surface area contributed by atoms with Crippen LogP contribution in [0.1, 0.15) is 64.5 Å². The standard InChI is InChI=1S/C23H23F8N3O4S/c1-20(2,37)10-32-17(35)18-33-14(19(36)34-7-3-4-8-34)15(39-18)12-6-5-11(9-13(12)16(24)25)21(38,22(26,27)28)23(29,30)31/h5-6,9,16,37-38H,3-4,7-8,10H2,1-2H3,(H,32,35). The minimum atomic E-state index is -6.31. The lowest BCUT2D eigenvalue weighted by molar-refractivity contribution is -0.376. The molecule has 7 nitrogen and oxygen atoms in total. The molecule has 1 fully saturated rings. The van der Waals surface area contributed by atoms with E-state index in [0.29, 0.717) is 30.2 Å². The van der Waals surface area contributed by atoms with E-state index in [4.69, 9.17) is 0 Å². The van der Waals surface area contributed by atoms with E-state index in [1.54, 1.807) is 0 Å². The second-order valence-corrected chi connectivity index (χ2v) is 10.5. The fourth-order valence-corrected chi connectivity index (χ4v) is 4.87. The Morgan fingerprint density at radius 3 is 2.10 bits per heavy atom. The first-order valence-corrected chi connectivity index (χ1v) is 12.2. The average Bonchev–Trinajstić information content (AvgIpc) is 3.50. The Labute approximate surface area is 220 Å². The molecule has 1 saturated heterocycles. The summed E-state index contributed by atoms with van der Waals surface area (Å²) in [6.45, 7) is 3.05. The van der Waals surface area contributed by atoms with E-state index in [1.165, 1.54) is 18.7 Å². The van der Waals surface area contributed by atoms with Gasteiger partial charge in [0.25, 0.3) is 23.8 Å². The number of likely N-dealkylation sites (tertiary alicyclic amines) is 1. The van der Waals surface area contributed by atoms with Crippen molar-refractivity contribution in [2.24, 2.45) is 0 Å². The molecule has 0 aliphatic carbocycles. The molecule has 0 radical (unpaired) electrons. The molecule has 3 rings (SSSR count). The van der Waals surface area contributed by atoms with E-state index in [2.05, 4.69) is 10.3 Å². The van der Waals surface area contributed by atoms with Crippen LogP contribution in [-0.4, -0.2) is 69.5 Å². The van der Waals surface area contributed by atoms with Crippen molar-refractivity contribution in [3.05, 3.63) is 40.0 Å². The summed E-state index contributed by atoms with van der Waals surface area (Å²) in [5.41, 5.74) is -11.2. The average molecular weight is 590 g/mol. The molecule has 39 heavy (non-hydrogen) atoms. The smallest absolute Gasteiger partial charge is 0.389 e. The highest BCUT2D eigenvalue weighted by Crippen LogP contribution is 2.51. The van der Waals surface area contributed by atoms with Gasteiger partial charge in [0.2, 0.25) is 0 Å². The highest BCUT2D eigenvalue weighted by atomic mass is 32.1. The predicted molar refractivity (Wildman–Crippen MR) is 122 cm³/mol. The van der Waals surface area contributed by atoms with E-state index in [-0.39, 0.29) is 36.6 Å². The summed E-state index contributed by atoms with van der Waals surface area (Å²) in [4.78, 5) is 30.7. The molecular formula is C23H23F8N3O4S. The van der Waals surface area contributed by atoms with Crippen LogP contribution in [0.2, 0.25) is 0 Å². The number of nitrogens with one attached hydrogen (secondary N) is 1. The third-order valence-electron chi connectivity index (χ3n) is 5.87. The number of nitrogens with zero attached hydrogens (tertiary/aromatic N) is 2. The van der Waals surface area contributed by atoms with Crippen molar-refractivity contribution in [3.63, 3.8) is 0 Å². The summed E-state index contributed by atoms with van der Waals surface area (Å²) >= 11 is 0.422. The Morgan fingerprint density at radius 1 is 1.05 bits per heavy atom. The summed E-state index contributed by atoms with van der Waals surface area (Å²) in [6, 6.07) is 0.547. The minimum absolute atomic E-state index is 0.126. The van der Waals surface area contributed by atoms with Crippen LogP contribution in [0, 0.1) is 0 Å². The van der Waals surface area contributed by atoms with Gasteiger partial charge in [0.15, 0.2) is 5.01 Å². The zero-order chi connectivity index (χ0) is 29.6. The lowest BCUT2D eigenvalue weighted by atomic mass is 9.89. The monoisotopic (exact) mass is 589 g/mol. The van der Waals surface area contributed by atoms with Crippen molar-refractivity contribution in [1.82, 2.24) is 15.2 Å². The van der Waals surface area contributed by atoms with Crippen LogP contribution < -0.4 is 5.32 Å². The fourth-order valence-electron chi connectivity index (χ4n) is 3.85. The quantitative estimate of drug-likeness (QED) is 0.403. The van der Waals surface area contributed by atoms with Gasteiger partial charge in [-0.25, -0.2) is 13.8 Å². The SMILES string of the molecule is CC(C)(O)CNC(=O)c1nc(C(=O)N2CCCC2)c(-c2ccc(C(O)(C(F)(F)F)C(F)(F)F)cc2C(F)F)s1. The van der Waals surface area contributed by atoms with Crippen LogP contribution in [0.25, 0.3) is 10.4 Å². The number of aromatic nitrogens is 1. The number of alkyl halides is 8. The Morgan fingerprint density at radius 2 is 1.62 bits per heavy atom. The van der Waals surface area contributed by atoms with E-state index in [0.717, 1.165) is 0 Å². The Kier molecular flexibility index (Phi) is 8.35. The Bertz CT molecular complexity index is 1220. The highest BCUT2D eigenvalue weighted by Gasteiger charge is 2.71. The number of carbonyl (C=O) groups is 2. The van der Waals surface area contributed by atoms with Crippen LogP contribution >= 0.6 is 11.3 Å². The van der Waals surface area contributed by atoms with Crippen molar-refractivity contribution >= 4 is 23.2 Å². The lowest BCUT2D eigenvalue weighted by Crippen LogP contribution is -2.54. The summed E-state index contributed by atoms with van der Waals surface area (Å²) in [5, 5.41) is 21.4. The van der Waals surface area contributed by atoms with Gasteiger partial charge in [-0.15, -0.1) is 11.3 Å². The number of halogens is 8. The van der Waals surface area contributed by atoms with Gasteiger partial charge in [0.05, 0.1) is 10.5 Å². The number of thiazole rings is 1. The fraction of sp³-hybridized carbons (Fsp3) is 0.522. The number of benzene rings is 1. The molecule has 1 aliphatic rings. The highest BCUT2D eigenvalue weighted by molar-refractivity contribution is 7.17. The maximum atomic E-state index is 14.1. The number of carbonyl (C=O) groups excluding carboxylic acids is 2. The van der Waals surface area contributed by atoms with Gasteiger partial charge in [-0.2, -0.15) is 26.3 Å². The molecule has 0 spiro atoms. The van der Waals surface area contributed by atoms with Crippen LogP contribution in [0.15, 0.2) is 18.2 Å². The number of aliphatic hydroxyl groups is 2. The third-order valence-corrected chi connectivity index (χ3v) is 6.96. The molecule has 216 valence electrons. The number of rotatable bonds is 7. The molecule has 2 amide bonds. The maximum Gasteiger partial charge on any atom is 0.430 e. The number of hydrogen-bond acceptors (Lipinski definition) is 6.